The van der Waals surface area contributed by atoms with E-state index < -0.39 is 5.54 Å². The molecule has 0 aliphatic rings. The Balaban J connectivity index is 3.14. The minimum atomic E-state index is -0.395. The minimum absolute atomic E-state index is 0.0822. The maximum Gasteiger partial charge on any atom is 0.257 e. The highest BCUT2D eigenvalue weighted by Crippen LogP contribution is 2.24. The number of ether oxygens (including phenoxy) is 1. The standard InChI is InChI=1S/C14H20ClNO2/c1-10-6-7-12(18-5)11(8-10)13(17)16(4)14(2,3)9-15/h6-8H,9H2,1-5H3. The average molecular weight is 270 g/mol. The molecule has 18 heavy (non-hydrogen) atoms. The molecule has 0 bridgehead atoms. The van der Waals surface area contributed by atoms with Crippen molar-refractivity contribution in [3.63, 3.8) is 0 Å². The molecule has 1 rings (SSSR count). The van der Waals surface area contributed by atoms with Crippen molar-refractivity contribution in [2.24, 2.45) is 0 Å². The van der Waals surface area contributed by atoms with Crippen LogP contribution >= 0.6 is 11.6 Å². The van der Waals surface area contributed by atoms with Crippen molar-refractivity contribution < 1.29 is 9.53 Å². The molecule has 0 aliphatic heterocycles. The van der Waals surface area contributed by atoms with Gasteiger partial charge in [-0.3, -0.25) is 4.79 Å². The molecule has 1 amide bonds. The van der Waals surface area contributed by atoms with Crippen molar-refractivity contribution in [2.45, 2.75) is 26.3 Å². The first-order chi connectivity index (χ1) is 8.33. The molecule has 0 atom stereocenters. The molecule has 0 fully saturated rings. The first-order valence-corrected chi connectivity index (χ1v) is 6.35. The molecular formula is C14H20ClNO2. The van der Waals surface area contributed by atoms with Crippen LogP contribution < -0.4 is 4.74 Å². The molecule has 1 aromatic carbocycles. The topological polar surface area (TPSA) is 29.5 Å². The highest BCUT2D eigenvalue weighted by molar-refractivity contribution is 6.18. The zero-order chi connectivity index (χ0) is 13.9. The Bertz CT molecular complexity index is 443. The Morgan fingerprint density at radius 1 is 1.44 bits per heavy atom. The fraction of sp³-hybridized carbons (Fsp3) is 0.500. The van der Waals surface area contributed by atoms with E-state index in [9.17, 15) is 4.79 Å². The molecule has 1 aromatic rings. The van der Waals surface area contributed by atoms with Crippen LogP contribution in [-0.2, 0) is 0 Å². The number of amides is 1. The third kappa shape index (κ3) is 2.96. The van der Waals surface area contributed by atoms with E-state index in [1.54, 1.807) is 19.1 Å². The summed E-state index contributed by atoms with van der Waals surface area (Å²) < 4.78 is 5.24. The van der Waals surface area contributed by atoms with Gasteiger partial charge in [-0.15, -0.1) is 11.6 Å². The summed E-state index contributed by atoms with van der Waals surface area (Å²) in [6.07, 6.45) is 0. The molecular weight excluding hydrogens is 250 g/mol. The van der Waals surface area contributed by atoms with Crippen LogP contribution in [0.2, 0.25) is 0 Å². The molecule has 3 nitrogen and oxygen atoms in total. The summed E-state index contributed by atoms with van der Waals surface area (Å²) in [5, 5.41) is 0. The summed E-state index contributed by atoms with van der Waals surface area (Å²) in [6.45, 7) is 5.81. The minimum Gasteiger partial charge on any atom is -0.496 e. The Kier molecular flexibility index (Phi) is 4.63. The van der Waals surface area contributed by atoms with Crippen molar-refractivity contribution in [3.05, 3.63) is 29.3 Å². The van der Waals surface area contributed by atoms with Crippen molar-refractivity contribution in [3.8, 4) is 5.75 Å². The van der Waals surface area contributed by atoms with Crippen LogP contribution in [0.4, 0.5) is 0 Å². The van der Waals surface area contributed by atoms with Gasteiger partial charge >= 0.3 is 0 Å². The van der Waals surface area contributed by atoms with E-state index in [4.69, 9.17) is 16.3 Å². The van der Waals surface area contributed by atoms with E-state index in [1.165, 1.54) is 0 Å². The molecule has 0 saturated heterocycles. The third-order valence-electron chi connectivity index (χ3n) is 3.13. The Labute approximate surface area is 114 Å². The van der Waals surface area contributed by atoms with Gasteiger partial charge in [-0.2, -0.15) is 0 Å². The van der Waals surface area contributed by atoms with Crippen molar-refractivity contribution in [2.75, 3.05) is 20.0 Å². The monoisotopic (exact) mass is 269 g/mol. The van der Waals surface area contributed by atoms with Gasteiger partial charge in [0.2, 0.25) is 0 Å². The van der Waals surface area contributed by atoms with Gasteiger partial charge in [0.15, 0.2) is 0 Å². The number of halogens is 1. The van der Waals surface area contributed by atoms with Crippen LogP contribution in [0.3, 0.4) is 0 Å². The average Bonchev–Trinajstić information content (AvgIpc) is 2.36. The molecule has 100 valence electrons. The van der Waals surface area contributed by atoms with E-state index in [1.807, 2.05) is 39.0 Å². The molecule has 0 heterocycles. The van der Waals surface area contributed by atoms with Crippen LogP contribution in [-0.4, -0.2) is 36.4 Å². The largest absolute Gasteiger partial charge is 0.496 e. The van der Waals surface area contributed by atoms with Crippen LogP contribution in [0.15, 0.2) is 18.2 Å². The maximum atomic E-state index is 12.5. The van der Waals surface area contributed by atoms with Crippen LogP contribution in [0.5, 0.6) is 5.75 Å². The summed E-state index contributed by atoms with van der Waals surface area (Å²) in [4.78, 5) is 14.1. The summed E-state index contributed by atoms with van der Waals surface area (Å²) in [5.74, 6) is 0.882. The van der Waals surface area contributed by atoms with Crippen LogP contribution in [0.1, 0.15) is 29.8 Å². The van der Waals surface area contributed by atoms with Gasteiger partial charge < -0.3 is 9.64 Å². The number of benzene rings is 1. The first kappa shape index (κ1) is 14.8. The molecule has 0 saturated carbocycles. The van der Waals surface area contributed by atoms with Gasteiger partial charge in [-0.05, 0) is 32.9 Å². The van der Waals surface area contributed by atoms with Crippen LogP contribution in [0, 0.1) is 6.92 Å². The van der Waals surface area contributed by atoms with E-state index in [-0.39, 0.29) is 5.91 Å². The lowest BCUT2D eigenvalue weighted by Gasteiger charge is -2.34. The van der Waals surface area contributed by atoms with Crippen LogP contribution in [0.25, 0.3) is 0 Å². The second-order valence-electron chi connectivity index (χ2n) is 5.01. The first-order valence-electron chi connectivity index (χ1n) is 5.82. The fourth-order valence-electron chi connectivity index (χ4n) is 1.53. The summed E-state index contributed by atoms with van der Waals surface area (Å²) >= 11 is 5.90. The van der Waals surface area contributed by atoms with Gasteiger partial charge in [0.25, 0.3) is 5.91 Å². The quantitative estimate of drug-likeness (QED) is 0.786. The SMILES string of the molecule is COc1ccc(C)cc1C(=O)N(C)C(C)(C)CCl. The van der Waals surface area contributed by atoms with E-state index in [2.05, 4.69) is 0 Å². The second kappa shape index (κ2) is 5.61. The maximum absolute atomic E-state index is 12.5. The molecule has 0 N–H and O–H groups in total. The zero-order valence-corrected chi connectivity index (χ0v) is 12.3. The fourth-order valence-corrected chi connectivity index (χ4v) is 1.71. The molecule has 0 radical (unpaired) electrons. The molecule has 0 spiro atoms. The second-order valence-corrected chi connectivity index (χ2v) is 5.28. The highest BCUT2D eigenvalue weighted by Gasteiger charge is 2.28. The van der Waals surface area contributed by atoms with Gasteiger partial charge in [-0.25, -0.2) is 0 Å². The van der Waals surface area contributed by atoms with Gasteiger partial charge in [0.05, 0.1) is 18.2 Å². The van der Waals surface area contributed by atoms with Crippen molar-refractivity contribution in [1.29, 1.82) is 0 Å². The number of rotatable bonds is 4. The lowest BCUT2D eigenvalue weighted by atomic mass is 10.0. The number of aryl methyl sites for hydroxylation is 1. The van der Waals surface area contributed by atoms with Crippen molar-refractivity contribution >= 4 is 17.5 Å². The lowest BCUT2D eigenvalue weighted by molar-refractivity contribution is 0.0656. The van der Waals surface area contributed by atoms with Gasteiger partial charge in [-0.1, -0.05) is 11.6 Å². The Morgan fingerprint density at radius 2 is 2.06 bits per heavy atom. The Hall–Kier alpha value is -1.22. The Morgan fingerprint density at radius 3 is 2.56 bits per heavy atom. The number of carbonyl (C=O) groups excluding carboxylic acids is 1. The predicted molar refractivity (Wildman–Crippen MR) is 74.6 cm³/mol. The van der Waals surface area contributed by atoms with E-state index in [0.29, 0.717) is 17.2 Å². The van der Waals surface area contributed by atoms with E-state index in [0.717, 1.165) is 5.56 Å². The molecule has 0 aliphatic carbocycles. The number of hydrogen-bond acceptors (Lipinski definition) is 2. The zero-order valence-electron chi connectivity index (χ0n) is 11.6. The predicted octanol–water partition coefficient (Wildman–Crippen LogP) is 3.09. The van der Waals surface area contributed by atoms with Gasteiger partial charge in [0.1, 0.15) is 5.75 Å². The highest BCUT2D eigenvalue weighted by atomic mass is 35.5. The third-order valence-corrected chi connectivity index (χ3v) is 3.78. The molecule has 0 unspecified atom stereocenters. The van der Waals surface area contributed by atoms with E-state index >= 15 is 0 Å². The number of alkyl halides is 1. The normalized spacial score (nSPS) is 11.2. The number of methoxy groups -OCH3 is 1. The van der Waals surface area contributed by atoms with Crippen molar-refractivity contribution in [1.82, 2.24) is 4.90 Å². The summed E-state index contributed by atoms with van der Waals surface area (Å²) in [6, 6.07) is 5.56. The number of nitrogens with zero attached hydrogens (tertiary/aromatic N) is 1. The summed E-state index contributed by atoms with van der Waals surface area (Å²) in [5.41, 5.74) is 1.20. The number of carbonyl (C=O) groups is 1. The lowest BCUT2D eigenvalue weighted by Crippen LogP contribution is -2.46. The summed E-state index contributed by atoms with van der Waals surface area (Å²) in [7, 11) is 3.32. The molecule has 4 heteroatoms. The smallest absolute Gasteiger partial charge is 0.257 e. The number of hydrogen-bond donors (Lipinski definition) is 0. The van der Waals surface area contributed by atoms with Gasteiger partial charge in [0, 0.05) is 12.9 Å². The molecule has 0 aromatic heterocycles.